The highest BCUT2D eigenvalue weighted by molar-refractivity contribution is 9.24. The number of rotatable bonds is 2. The van der Waals surface area contributed by atoms with Gasteiger partial charge in [-0.05, 0) is 12.1 Å². The molecule has 0 amide bonds. The first kappa shape index (κ1) is 11.1. The molecule has 0 saturated heterocycles. The van der Waals surface area contributed by atoms with Crippen molar-refractivity contribution >= 4 is 47.8 Å². The normalized spacial score (nSPS) is 11.3. The third-order valence-corrected chi connectivity index (χ3v) is 3.55. The van der Waals surface area contributed by atoms with Gasteiger partial charge in [0, 0.05) is 36.3 Å². The van der Waals surface area contributed by atoms with Crippen LogP contribution in [0.3, 0.4) is 0 Å². The Morgan fingerprint density at radius 3 is 2.31 bits per heavy atom. The molecule has 0 fully saturated rings. The van der Waals surface area contributed by atoms with Crippen LogP contribution in [-0.2, 0) is 3.36 Å². The fourth-order valence-corrected chi connectivity index (χ4v) is 2.60. The lowest BCUT2D eigenvalue weighted by atomic mass is 10.2. The fraction of sp³-hybridized carbons (Fsp3) is 0.143. The minimum atomic E-state index is -1.42. The lowest BCUT2D eigenvalue weighted by molar-refractivity contribution is -0.510. The molecule has 0 aliphatic rings. The predicted octanol–water partition coefficient (Wildman–Crippen LogP) is 3.63. The van der Waals surface area contributed by atoms with Crippen molar-refractivity contribution in [3.8, 4) is 0 Å². The Labute approximate surface area is 100 Å². The van der Waals surface area contributed by atoms with Crippen molar-refractivity contribution in [1.29, 1.82) is 0 Å². The Bertz CT molecular complexity index is 340. The van der Waals surface area contributed by atoms with E-state index in [9.17, 15) is 10.1 Å². The molecule has 0 heterocycles. The molecular formula is C7H4Br3NO2. The Balaban J connectivity index is 3.22. The molecule has 70 valence electrons. The molecule has 6 heteroatoms. The van der Waals surface area contributed by atoms with E-state index in [0.29, 0.717) is 10.0 Å². The fourth-order valence-electron chi connectivity index (χ4n) is 0.803. The van der Waals surface area contributed by atoms with Gasteiger partial charge in [0.1, 0.15) is 0 Å². The second-order valence-electron chi connectivity index (χ2n) is 2.28. The minimum absolute atomic E-state index is 0.451. The third-order valence-electron chi connectivity index (χ3n) is 1.43. The number of hydrogen-bond acceptors (Lipinski definition) is 2. The molecule has 0 aliphatic heterocycles. The average Bonchev–Trinajstić information content (AvgIpc) is 2.04. The van der Waals surface area contributed by atoms with E-state index in [4.69, 9.17) is 0 Å². The maximum atomic E-state index is 10.7. The zero-order valence-electron chi connectivity index (χ0n) is 6.21. The van der Waals surface area contributed by atoms with Gasteiger partial charge < -0.3 is 0 Å². The van der Waals surface area contributed by atoms with Crippen molar-refractivity contribution in [2.75, 3.05) is 0 Å². The average molecular weight is 374 g/mol. The quantitative estimate of drug-likeness (QED) is 0.344. The predicted molar refractivity (Wildman–Crippen MR) is 60.7 cm³/mol. The van der Waals surface area contributed by atoms with Gasteiger partial charge in [0.25, 0.3) is 0 Å². The van der Waals surface area contributed by atoms with Gasteiger partial charge in [0.15, 0.2) is 0 Å². The summed E-state index contributed by atoms with van der Waals surface area (Å²) in [7, 11) is 0. The van der Waals surface area contributed by atoms with E-state index in [1.165, 1.54) is 0 Å². The highest BCUT2D eigenvalue weighted by Crippen LogP contribution is 2.41. The Kier molecular flexibility index (Phi) is 3.48. The maximum Gasteiger partial charge on any atom is 0.353 e. The van der Waals surface area contributed by atoms with E-state index in [1.54, 1.807) is 24.3 Å². The van der Waals surface area contributed by atoms with Crippen LogP contribution < -0.4 is 0 Å². The highest BCUT2D eigenvalue weighted by atomic mass is 79.9. The highest BCUT2D eigenvalue weighted by Gasteiger charge is 2.40. The molecule has 3 nitrogen and oxygen atoms in total. The Hall–Kier alpha value is 0.0600. The van der Waals surface area contributed by atoms with Crippen molar-refractivity contribution in [3.05, 3.63) is 44.4 Å². The summed E-state index contributed by atoms with van der Waals surface area (Å²) in [4.78, 5) is 10.2. The Morgan fingerprint density at radius 2 is 1.85 bits per heavy atom. The van der Waals surface area contributed by atoms with Gasteiger partial charge in [-0.1, -0.05) is 28.1 Å². The number of hydrogen-bond donors (Lipinski definition) is 0. The first-order valence-corrected chi connectivity index (χ1v) is 5.61. The maximum absolute atomic E-state index is 10.7. The summed E-state index contributed by atoms with van der Waals surface area (Å²) in [6.07, 6.45) is 0. The van der Waals surface area contributed by atoms with Gasteiger partial charge in [-0.15, -0.1) is 0 Å². The minimum Gasteiger partial charge on any atom is -0.262 e. The summed E-state index contributed by atoms with van der Waals surface area (Å²) >= 11 is 9.22. The van der Waals surface area contributed by atoms with E-state index < -0.39 is 8.28 Å². The van der Waals surface area contributed by atoms with Crippen molar-refractivity contribution in [2.45, 2.75) is 3.36 Å². The molecule has 13 heavy (non-hydrogen) atoms. The first-order chi connectivity index (χ1) is 5.96. The molecule has 1 aromatic rings. The van der Waals surface area contributed by atoms with Gasteiger partial charge in [-0.3, -0.25) is 10.1 Å². The molecule has 0 saturated carbocycles. The SMILES string of the molecule is O=[N+]([O-])C(Br)(Br)c1ccccc1Br. The van der Waals surface area contributed by atoms with E-state index in [1.807, 2.05) is 0 Å². The van der Waals surface area contributed by atoms with Crippen LogP contribution in [0.4, 0.5) is 0 Å². The van der Waals surface area contributed by atoms with Crippen LogP contribution in [0.25, 0.3) is 0 Å². The summed E-state index contributed by atoms with van der Waals surface area (Å²) in [5, 5.41) is 10.7. The van der Waals surface area contributed by atoms with Crippen LogP contribution >= 0.6 is 47.8 Å². The second kappa shape index (κ2) is 4.06. The number of nitrogens with zero attached hydrogens (tertiary/aromatic N) is 1. The first-order valence-electron chi connectivity index (χ1n) is 3.23. The van der Waals surface area contributed by atoms with Gasteiger partial charge >= 0.3 is 3.36 Å². The molecule has 0 bridgehead atoms. The molecule has 0 aliphatic carbocycles. The summed E-state index contributed by atoms with van der Waals surface area (Å²) in [6.45, 7) is 0. The summed E-state index contributed by atoms with van der Waals surface area (Å²) in [5.41, 5.74) is 0.528. The van der Waals surface area contributed by atoms with E-state index in [-0.39, 0.29) is 0 Å². The number of benzene rings is 1. The molecule has 0 atom stereocenters. The van der Waals surface area contributed by atoms with Crippen molar-refractivity contribution in [3.63, 3.8) is 0 Å². The zero-order valence-corrected chi connectivity index (χ0v) is 11.0. The van der Waals surface area contributed by atoms with Crippen LogP contribution in [0.15, 0.2) is 28.7 Å². The smallest absolute Gasteiger partial charge is 0.262 e. The van der Waals surface area contributed by atoms with Crippen LogP contribution in [-0.4, -0.2) is 4.92 Å². The summed E-state index contributed by atoms with van der Waals surface area (Å²) in [5.74, 6) is 0. The number of nitro groups is 1. The molecule has 0 spiro atoms. The molecule has 0 radical (unpaired) electrons. The zero-order chi connectivity index (χ0) is 10.1. The van der Waals surface area contributed by atoms with Gasteiger partial charge in [-0.2, -0.15) is 0 Å². The lowest BCUT2D eigenvalue weighted by Gasteiger charge is -2.12. The van der Waals surface area contributed by atoms with Crippen molar-refractivity contribution in [2.24, 2.45) is 0 Å². The number of alkyl halides is 2. The van der Waals surface area contributed by atoms with E-state index in [0.717, 1.165) is 0 Å². The van der Waals surface area contributed by atoms with Crippen LogP contribution in [0.5, 0.6) is 0 Å². The second-order valence-corrected chi connectivity index (χ2v) is 6.49. The van der Waals surface area contributed by atoms with Gasteiger partial charge in [-0.25, -0.2) is 0 Å². The Morgan fingerprint density at radius 1 is 1.31 bits per heavy atom. The third kappa shape index (κ3) is 2.30. The van der Waals surface area contributed by atoms with E-state index >= 15 is 0 Å². The molecule has 1 rings (SSSR count). The standard InChI is InChI=1S/C7H4Br3NO2/c8-6-4-2-1-3-5(6)7(9,10)11(12)13/h1-4H. The summed E-state index contributed by atoms with van der Waals surface area (Å²) in [6, 6.07) is 6.94. The van der Waals surface area contributed by atoms with Gasteiger partial charge in [0.05, 0.1) is 10.5 Å². The van der Waals surface area contributed by atoms with Gasteiger partial charge in [0.2, 0.25) is 0 Å². The lowest BCUT2D eigenvalue weighted by Crippen LogP contribution is -2.20. The molecule has 0 aromatic heterocycles. The summed E-state index contributed by atoms with van der Waals surface area (Å²) < 4.78 is -0.736. The number of halogens is 3. The van der Waals surface area contributed by atoms with Crippen molar-refractivity contribution < 1.29 is 4.92 Å². The molecule has 0 unspecified atom stereocenters. The van der Waals surface area contributed by atoms with Crippen LogP contribution in [0.2, 0.25) is 0 Å². The van der Waals surface area contributed by atoms with E-state index in [2.05, 4.69) is 47.8 Å². The monoisotopic (exact) mass is 371 g/mol. The molecular weight excluding hydrogens is 370 g/mol. The van der Waals surface area contributed by atoms with Crippen molar-refractivity contribution in [1.82, 2.24) is 0 Å². The van der Waals surface area contributed by atoms with Crippen LogP contribution in [0, 0.1) is 10.1 Å². The molecule has 1 aromatic carbocycles. The molecule has 0 N–H and O–H groups in total. The van der Waals surface area contributed by atoms with Crippen LogP contribution in [0.1, 0.15) is 5.56 Å². The topological polar surface area (TPSA) is 43.1 Å². The largest absolute Gasteiger partial charge is 0.353 e.